The van der Waals surface area contributed by atoms with Gasteiger partial charge < -0.3 is 19.7 Å². The lowest BCUT2D eigenvalue weighted by atomic mass is 9.89. The van der Waals surface area contributed by atoms with Crippen molar-refractivity contribution < 1.29 is 19.1 Å². The van der Waals surface area contributed by atoms with Crippen LogP contribution in [0.1, 0.15) is 42.5 Å². The molecule has 1 N–H and O–H groups in total. The maximum atomic E-state index is 13.0. The van der Waals surface area contributed by atoms with E-state index in [0.29, 0.717) is 23.4 Å². The number of thioether (sulfide) groups is 1. The fraction of sp³-hybridized carbons (Fsp3) is 0.296. The predicted octanol–water partition coefficient (Wildman–Crippen LogP) is 5.48. The Hall–Kier alpha value is -3.52. The fourth-order valence-electron chi connectivity index (χ4n) is 4.31. The van der Waals surface area contributed by atoms with E-state index in [2.05, 4.69) is 23.5 Å². The van der Waals surface area contributed by atoms with E-state index in [-0.39, 0.29) is 12.3 Å². The number of aryl methyl sites for hydroxylation is 2. The van der Waals surface area contributed by atoms with Gasteiger partial charge >= 0.3 is 5.97 Å². The maximum Gasteiger partial charge on any atom is 0.338 e. The molecule has 0 fully saturated rings. The minimum absolute atomic E-state index is 0.134. The Labute approximate surface area is 209 Å². The van der Waals surface area contributed by atoms with Crippen molar-refractivity contribution in [3.63, 3.8) is 0 Å². The van der Waals surface area contributed by atoms with E-state index in [9.17, 15) is 9.59 Å². The standard InChI is InChI=1S/C27H29N3O4S/c1-6-22-24(26(32)34-5)25(21-13-16(2)7-8-17(21)3)30-19(15-35-27(30)29-22)14-23(31)28-18-9-11-20(33-4)12-10-18/h7-13,15,25H,6,14H2,1-5H3,(H,28,31). The first-order valence-corrected chi connectivity index (χ1v) is 12.3. The molecule has 0 aromatic heterocycles. The van der Waals surface area contributed by atoms with E-state index >= 15 is 0 Å². The molecule has 0 bridgehead atoms. The van der Waals surface area contributed by atoms with Gasteiger partial charge in [-0.05, 0) is 61.1 Å². The highest BCUT2D eigenvalue weighted by Gasteiger charge is 2.42. The molecular weight excluding hydrogens is 462 g/mol. The Kier molecular flexibility index (Phi) is 7.31. The van der Waals surface area contributed by atoms with Crippen LogP contribution in [-0.4, -0.2) is 36.2 Å². The van der Waals surface area contributed by atoms with Gasteiger partial charge in [-0.15, -0.1) is 0 Å². The fourth-order valence-corrected chi connectivity index (χ4v) is 5.24. The van der Waals surface area contributed by atoms with Gasteiger partial charge in [0.25, 0.3) is 0 Å². The van der Waals surface area contributed by atoms with Gasteiger partial charge in [0.15, 0.2) is 5.17 Å². The molecule has 0 spiro atoms. The van der Waals surface area contributed by atoms with Crippen molar-refractivity contribution in [2.24, 2.45) is 4.99 Å². The van der Waals surface area contributed by atoms with Crippen molar-refractivity contribution in [3.8, 4) is 5.75 Å². The summed E-state index contributed by atoms with van der Waals surface area (Å²) in [5.41, 5.74) is 5.82. The first-order valence-electron chi connectivity index (χ1n) is 11.4. The molecular formula is C27H29N3O4S. The highest BCUT2D eigenvalue weighted by atomic mass is 32.2. The molecule has 2 aromatic carbocycles. The third-order valence-corrected chi connectivity index (χ3v) is 6.96. The monoisotopic (exact) mass is 491 g/mol. The average molecular weight is 492 g/mol. The highest BCUT2D eigenvalue weighted by molar-refractivity contribution is 8.16. The molecule has 0 saturated heterocycles. The normalized spacial score (nSPS) is 16.9. The van der Waals surface area contributed by atoms with Crippen LogP contribution in [0.25, 0.3) is 0 Å². The van der Waals surface area contributed by atoms with Crippen molar-refractivity contribution in [1.82, 2.24) is 4.90 Å². The average Bonchev–Trinajstić information content (AvgIpc) is 3.26. The van der Waals surface area contributed by atoms with Crippen LogP contribution < -0.4 is 10.1 Å². The number of hydrogen-bond donors (Lipinski definition) is 1. The number of rotatable bonds is 7. The smallest absolute Gasteiger partial charge is 0.338 e. The maximum absolute atomic E-state index is 13.0. The summed E-state index contributed by atoms with van der Waals surface area (Å²) in [6, 6.07) is 13.0. The van der Waals surface area contributed by atoms with E-state index in [1.807, 2.05) is 31.1 Å². The first kappa shape index (κ1) is 24.6. The van der Waals surface area contributed by atoms with E-state index in [1.165, 1.54) is 18.9 Å². The van der Waals surface area contributed by atoms with Gasteiger partial charge in [-0.2, -0.15) is 0 Å². The molecule has 1 atom stereocenters. The number of aliphatic imine (C=N–C) groups is 1. The molecule has 2 aromatic rings. The molecule has 35 heavy (non-hydrogen) atoms. The molecule has 0 aliphatic carbocycles. The third kappa shape index (κ3) is 4.98. The van der Waals surface area contributed by atoms with Crippen LogP contribution in [0.4, 0.5) is 5.69 Å². The summed E-state index contributed by atoms with van der Waals surface area (Å²) in [7, 11) is 2.99. The minimum Gasteiger partial charge on any atom is -0.497 e. The summed E-state index contributed by atoms with van der Waals surface area (Å²) in [6.45, 7) is 6.04. The van der Waals surface area contributed by atoms with Crippen molar-refractivity contribution in [2.45, 2.75) is 39.7 Å². The number of hydrogen-bond acceptors (Lipinski definition) is 7. The van der Waals surface area contributed by atoms with Crippen molar-refractivity contribution in [1.29, 1.82) is 0 Å². The van der Waals surface area contributed by atoms with Gasteiger partial charge in [0.05, 0.1) is 38.0 Å². The van der Waals surface area contributed by atoms with Gasteiger partial charge in [0, 0.05) is 11.4 Å². The summed E-state index contributed by atoms with van der Waals surface area (Å²) in [5.74, 6) is 0.152. The molecule has 1 unspecified atom stereocenters. The van der Waals surface area contributed by atoms with Crippen molar-refractivity contribution >= 4 is 34.5 Å². The Morgan fingerprint density at radius 2 is 1.86 bits per heavy atom. The van der Waals surface area contributed by atoms with Gasteiger partial charge in [-0.25, -0.2) is 9.79 Å². The van der Waals surface area contributed by atoms with E-state index in [0.717, 1.165) is 33.3 Å². The van der Waals surface area contributed by atoms with Gasteiger partial charge in [-0.3, -0.25) is 4.79 Å². The lowest BCUT2D eigenvalue weighted by molar-refractivity contribution is -0.136. The molecule has 0 saturated carbocycles. The van der Waals surface area contributed by atoms with Crippen LogP contribution in [0.3, 0.4) is 0 Å². The predicted molar refractivity (Wildman–Crippen MR) is 139 cm³/mol. The second-order valence-corrected chi connectivity index (χ2v) is 9.25. The molecule has 182 valence electrons. The Morgan fingerprint density at radius 1 is 1.11 bits per heavy atom. The Morgan fingerprint density at radius 3 is 2.51 bits per heavy atom. The number of anilines is 1. The number of nitrogens with zero attached hydrogens (tertiary/aromatic N) is 2. The number of allylic oxidation sites excluding steroid dienone is 1. The number of ether oxygens (including phenoxy) is 2. The molecule has 4 rings (SSSR count). The summed E-state index contributed by atoms with van der Waals surface area (Å²) in [6.07, 6.45) is 0.728. The number of esters is 1. The number of carbonyl (C=O) groups excluding carboxylic acids is 2. The van der Waals surface area contributed by atoms with Crippen molar-refractivity contribution in [2.75, 3.05) is 19.5 Å². The van der Waals surface area contributed by atoms with Gasteiger partial charge in [0.1, 0.15) is 5.75 Å². The van der Waals surface area contributed by atoms with E-state index < -0.39 is 12.0 Å². The van der Waals surface area contributed by atoms with E-state index in [1.54, 1.807) is 31.4 Å². The lowest BCUT2D eigenvalue weighted by Crippen LogP contribution is -2.38. The second-order valence-electron chi connectivity index (χ2n) is 8.41. The first-order chi connectivity index (χ1) is 16.9. The lowest BCUT2D eigenvalue weighted by Gasteiger charge is -2.37. The van der Waals surface area contributed by atoms with Crippen LogP contribution in [0.15, 0.2) is 69.8 Å². The second kappa shape index (κ2) is 10.4. The van der Waals surface area contributed by atoms with Gasteiger partial charge in [0.2, 0.25) is 5.91 Å². The Balaban J connectivity index is 1.69. The summed E-state index contributed by atoms with van der Waals surface area (Å²) in [4.78, 5) is 32.8. The third-order valence-electron chi connectivity index (χ3n) is 6.07. The van der Waals surface area contributed by atoms with Crippen LogP contribution in [-0.2, 0) is 14.3 Å². The SMILES string of the molecule is CCC1=C(C(=O)OC)C(c2cc(C)ccc2C)N2C(CC(=O)Nc3ccc(OC)cc3)=CSC2=N1. The number of methoxy groups -OCH3 is 2. The number of amidine groups is 1. The van der Waals surface area contributed by atoms with Crippen LogP contribution in [0.2, 0.25) is 0 Å². The van der Waals surface area contributed by atoms with Gasteiger partial charge in [-0.1, -0.05) is 42.4 Å². The zero-order valence-electron chi connectivity index (χ0n) is 20.5. The number of benzene rings is 2. The zero-order chi connectivity index (χ0) is 25.1. The Bertz CT molecular complexity index is 1250. The minimum atomic E-state index is -0.431. The van der Waals surface area contributed by atoms with Crippen LogP contribution >= 0.6 is 11.8 Å². The van der Waals surface area contributed by atoms with Crippen LogP contribution in [0.5, 0.6) is 5.75 Å². The number of carbonyl (C=O) groups is 2. The quantitative estimate of drug-likeness (QED) is 0.517. The number of fused-ring (bicyclic) bond motifs is 1. The molecule has 7 nitrogen and oxygen atoms in total. The zero-order valence-corrected chi connectivity index (χ0v) is 21.4. The summed E-state index contributed by atoms with van der Waals surface area (Å²) >= 11 is 1.47. The molecule has 1 amide bonds. The topological polar surface area (TPSA) is 80.2 Å². The molecule has 0 radical (unpaired) electrons. The van der Waals surface area contributed by atoms with Crippen LogP contribution in [0, 0.1) is 13.8 Å². The van der Waals surface area contributed by atoms with Crippen molar-refractivity contribution in [3.05, 3.63) is 81.5 Å². The number of amides is 1. The molecule has 8 heteroatoms. The van der Waals surface area contributed by atoms with E-state index in [4.69, 9.17) is 14.5 Å². The molecule has 2 aliphatic rings. The highest BCUT2D eigenvalue weighted by Crippen LogP contribution is 2.46. The number of nitrogens with one attached hydrogen (secondary N) is 1. The summed E-state index contributed by atoms with van der Waals surface area (Å²) < 4.78 is 10.4. The summed E-state index contributed by atoms with van der Waals surface area (Å²) in [5, 5.41) is 5.64. The molecule has 2 heterocycles. The largest absolute Gasteiger partial charge is 0.497 e. The molecule has 2 aliphatic heterocycles.